The zero-order valence-corrected chi connectivity index (χ0v) is 23.4. The summed E-state index contributed by atoms with van der Waals surface area (Å²) in [6.07, 6.45) is 6.39. The maximum absolute atomic E-state index is 11.1. The summed E-state index contributed by atoms with van der Waals surface area (Å²) in [5.74, 6) is 2.00. The number of ether oxygens (including phenoxy) is 2. The number of hydrogen-bond donors (Lipinski definition) is 1. The average Bonchev–Trinajstić information content (AvgIpc) is 3.37. The lowest BCUT2D eigenvalue weighted by atomic mass is 9.88. The van der Waals surface area contributed by atoms with Crippen LogP contribution in [0, 0.1) is 0 Å². The first-order valence-corrected chi connectivity index (χ1v) is 14.3. The van der Waals surface area contributed by atoms with Gasteiger partial charge >= 0.3 is 5.97 Å². The summed E-state index contributed by atoms with van der Waals surface area (Å²) in [6.45, 7) is 3.67. The van der Waals surface area contributed by atoms with Crippen molar-refractivity contribution in [2.45, 2.75) is 38.0 Å². The molecule has 0 bridgehead atoms. The second-order valence-corrected chi connectivity index (χ2v) is 11.0. The number of aliphatic carboxylic acids is 1. The van der Waals surface area contributed by atoms with E-state index in [0.717, 1.165) is 66.2 Å². The molecule has 0 radical (unpaired) electrons. The first-order valence-electron chi connectivity index (χ1n) is 13.9. The monoisotopic (exact) mass is 569 g/mol. The number of piperidine rings is 1. The fraction of sp³-hybridized carbons (Fsp3) is 0.273. The maximum Gasteiger partial charge on any atom is 0.328 e. The third kappa shape index (κ3) is 6.32. The lowest BCUT2D eigenvalue weighted by Crippen LogP contribution is -2.34. The van der Waals surface area contributed by atoms with Gasteiger partial charge < -0.3 is 19.1 Å². The predicted octanol–water partition coefficient (Wildman–Crippen LogP) is 6.57. The second kappa shape index (κ2) is 12.2. The Morgan fingerprint density at radius 1 is 1.00 bits per heavy atom. The van der Waals surface area contributed by atoms with Crippen LogP contribution < -0.4 is 9.47 Å². The number of halogens is 1. The highest BCUT2D eigenvalue weighted by Crippen LogP contribution is 2.44. The van der Waals surface area contributed by atoms with Crippen molar-refractivity contribution in [3.8, 4) is 11.5 Å². The molecule has 2 aliphatic heterocycles. The number of aromatic nitrogens is 2. The Labute approximate surface area is 244 Å². The van der Waals surface area contributed by atoms with E-state index in [9.17, 15) is 4.79 Å². The van der Waals surface area contributed by atoms with Crippen LogP contribution in [0.15, 0.2) is 85.1 Å². The van der Waals surface area contributed by atoms with Gasteiger partial charge in [0.2, 0.25) is 0 Å². The van der Waals surface area contributed by atoms with Crippen LogP contribution in [0.5, 0.6) is 11.5 Å². The Morgan fingerprint density at radius 3 is 2.54 bits per heavy atom. The van der Waals surface area contributed by atoms with Crippen molar-refractivity contribution in [2.75, 3.05) is 19.7 Å². The zero-order chi connectivity index (χ0) is 28.2. The molecule has 1 atom stereocenters. The zero-order valence-electron chi connectivity index (χ0n) is 22.7. The number of nitrogens with zero attached hydrogens (tertiary/aromatic N) is 3. The van der Waals surface area contributed by atoms with Gasteiger partial charge in [-0.05, 0) is 67.3 Å². The Balaban J connectivity index is 1.13. The number of likely N-dealkylation sites (tertiary alicyclic amines) is 1. The number of rotatable bonds is 8. The third-order valence-electron chi connectivity index (χ3n) is 7.84. The first-order chi connectivity index (χ1) is 20.0. The molecule has 8 heteroatoms. The molecule has 0 unspecified atom stereocenters. The summed E-state index contributed by atoms with van der Waals surface area (Å²) in [6, 6.07) is 24.1. The minimum Gasteiger partial charge on any atom is -0.485 e. The van der Waals surface area contributed by atoms with Crippen molar-refractivity contribution in [3.63, 3.8) is 0 Å². The van der Waals surface area contributed by atoms with Gasteiger partial charge in [0, 0.05) is 23.2 Å². The molecule has 210 valence electrons. The smallest absolute Gasteiger partial charge is 0.328 e. The van der Waals surface area contributed by atoms with E-state index >= 15 is 0 Å². The lowest BCUT2D eigenvalue weighted by molar-refractivity contribution is -0.131. The van der Waals surface area contributed by atoms with E-state index in [2.05, 4.69) is 38.7 Å². The van der Waals surface area contributed by atoms with Crippen LogP contribution in [0.2, 0.25) is 5.02 Å². The van der Waals surface area contributed by atoms with Gasteiger partial charge in [0.25, 0.3) is 0 Å². The maximum atomic E-state index is 11.1. The van der Waals surface area contributed by atoms with Crippen molar-refractivity contribution >= 4 is 23.6 Å². The fourth-order valence-electron chi connectivity index (χ4n) is 5.69. The molecule has 0 aliphatic carbocycles. The van der Waals surface area contributed by atoms with Gasteiger partial charge in [-0.3, -0.25) is 4.90 Å². The molecule has 4 aromatic rings. The molecular weight excluding hydrogens is 538 g/mol. The number of carboxylic acid groups (broad SMARTS) is 1. The molecule has 3 heterocycles. The SMILES string of the molecule is O=C(O)/C=C/c1cnc(CN2CCC(c3cccc4c3OC[C@@H](c3ccc(Cl)cc3)O4)CC2)n1Cc1ccccc1. The minimum atomic E-state index is -0.973. The van der Waals surface area contributed by atoms with Crippen LogP contribution in [0.3, 0.4) is 0 Å². The van der Waals surface area contributed by atoms with Crippen LogP contribution >= 0.6 is 11.6 Å². The van der Waals surface area contributed by atoms with E-state index in [1.807, 2.05) is 48.5 Å². The quantitative estimate of drug-likeness (QED) is 0.242. The molecule has 0 spiro atoms. The molecule has 1 aromatic heterocycles. The molecule has 0 amide bonds. The second-order valence-electron chi connectivity index (χ2n) is 10.5. The molecule has 7 nitrogen and oxygen atoms in total. The molecule has 3 aromatic carbocycles. The summed E-state index contributed by atoms with van der Waals surface area (Å²) in [7, 11) is 0. The Hall–Kier alpha value is -4.07. The highest BCUT2D eigenvalue weighted by atomic mass is 35.5. The van der Waals surface area contributed by atoms with E-state index in [1.165, 1.54) is 5.56 Å². The van der Waals surface area contributed by atoms with E-state index in [1.54, 1.807) is 12.3 Å². The van der Waals surface area contributed by atoms with E-state index in [4.69, 9.17) is 26.2 Å². The van der Waals surface area contributed by atoms with Crippen LogP contribution in [0.25, 0.3) is 6.08 Å². The topological polar surface area (TPSA) is 76.8 Å². The highest BCUT2D eigenvalue weighted by molar-refractivity contribution is 6.30. The molecular formula is C33H32ClN3O4. The summed E-state index contributed by atoms with van der Waals surface area (Å²) in [4.78, 5) is 18.3. The largest absolute Gasteiger partial charge is 0.485 e. The normalized spacial score (nSPS) is 17.6. The van der Waals surface area contributed by atoms with Gasteiger partial charge in [-0.25, -0.2) is 9.78 Å². The van der Waals surface area contributed by atoms with Crippen molar-refractivity contribution < 1.29 is 19.4 Å². The fourth-order valence-corrected chi connectivity index (χ4v) is 5.81. The van der Waals surface area contributed by atoms with Gasteiger partial charge in [-0.15, -0.1) is 0 Å². The standard InChI is InChI=1S/C33H32ClN3O4/c34-26-11-9-25(10-12-26)30-22-40-33-28(7-4-8-29(33)41-30)24-15-17-36(18-16-24)21-31-35-19-27(13-14-32(38)39)37(31)20-23-5-2-1-3-6-23/h1-14,19,24,30H,15-18,20-22H2,(H,38,39)/b14-13+/t30-/m0/s1. The van der Waals surface area contributed by atoms with Crippen molar-refractivity contribution in [1.82, 2.24) is 14.5 Å². The number of carboxylic acids is 1. The summed E-state index contributed by atoms with van der Waals surface area (Å²) >= 11 is 6.06. The van der Waals surface area contributed by atoms with Crippen molar-refractivity contribution in [1.29, 1.82) is 0 Å². The summed E-state index contributed by atoms with van der Waals surface area (Å²) in [5.41, 5.74) is 4.19. The number of imidazole rings is 1. The van der Waals surface area contributed by atoms with Gasteiger partial charge in [0.15, 0.2) is 17.6 Å². The summed E-state index contributed by atoms with van der Waals surface area (Å²) in [5, 5.41) is 9.85. The van der Waals surface area contributed by atoms with Gasteiger partial charge in [0.05, 0.1) is 18.4 Å². The first kappa shape index (κ1) is 27.1. The highest BCUT2D eigenvalue weighted by Gasteiger charge is 2.29. The Kier molecular flexibility index (Phi) is 8.07. The van der Waals surface area contributed by atoms with Gasteiger partial charge in [0.1, 0.15) is 12.4 Å². The lowest BCUT2D eigenvalue weighted by Gasteiger charge is -2.34. The molecule has 1 fully saturated rings. The molecule has 6 rings (SSSR count). The van der Waals surface area contributed by atoms with Crippen LogP contribution in [0.1, 0.15) is 53.1 Å². The number of fused-ring (bicyclic) bond motifs is 1. The van der Waals surface area contributed by atoms with Crippen molar-refractivity contribution in [2.24, 2.45) is 0 Å². The van der Waals surface area contributed by atoms with E-state index in [-0.39, 0.29) is 6.10 Å². The van der Waals surface area contributed by atoms with Crippen LogP contribution in [-0.4, -0.2) is 45.2 Å². The number of carbonyl (C=O) groups is 1. The number of benzene rings is 3. The van der Waals surface area contributed by atoms with Crippen molar-refractivity contribution in [3.05, 3.63) is 118 Å². The third-order valence-corrected chi connectivity index (χ3v) is 8.09. The summed E-state index contributed by atoms with van der Waals surface area (Å²) < 4.78 is 14.8. The average molecular weight is 570 g/mol. The van der Waals surface area contributed by atoms with Gasteiger partial charge in [-0.2, -0.15) is 0 Å². The van der Waals surface area contributed by atoms with E-state index < -0.39 is 5.97 Å². The number of para-hydroxylation sites is 1. The molecule has 1 saturated heterocycles. The Morgan fingerprint density at radius 2 is 1.78 bits per heavy atom. The van der Waals surface area contributed by atoms with Crippen LogP contribution in [0.4, 0.5) is 0 Å². The molecule has 1 N–H and O–H groups in total. The molecule has 2 aliphatic rings. The van der Waals surface area contributed by atoms with Crippen LogP contribution in [-0.2, 0) is 17.9 Å². The minimum absolute atomic E-state index is 0.160. The molecule has 0 saturated carbocycles. The van der Waals surface area contributed by atoms with E-state index in [0.29, 0.717) is 30.6 Å². The molecule has 41 heavy (non-hydrogen) atoms. The number of hydrogen-bond acceptors (Lipinski definition) is 5. The van der Waals surface area contributed by atoms with Gasteiger partial charge in [-0.1, -0.05) is 66.2 Å². The predicted molar refractivity (Wildman–Crippen MR) is 158 cm³/mol. The Bertz CT molecular complexity index is 1530.